The highest BCUT2D eigenvalue weighted by Gasteiger charge is 2.28. The van der Waals surface area contributed by atoms with Crippen LogP contribution in [0.3, 0.4) is 0 Å². The van der Waals surface area contributed by atoms with E-state index in [2.05, 4.69) is 9.72 Å². The van der Waals surface area contributed by atoms with Crippen molar-refractivity contribution in [2.75, 3.05) is 33.9 Å². The van der Waals surface area contributed by atoms with Crippen LogP contribution in [0.5, 0.6) is 0 Å². The predicted octanol–water partition coefficient (Wildman–Crippen LogP) is 4.18. The molecule has 0 unspecified atom stereocenters. The standard InChI is InChI=1S/C24H24F3N3O5/c1-13-8-17(23(31)33-2)18(25)11-16(13)21-19(10-15-12-29(6-7-35-15)24(32)34-3)30-5-4-14(22(26)27)9-20(30)28-21/h4-5,8-9,11,15,22H,6-7,10,12H2,1-3H3/t15-/m0/s1. The van der Waals surface area contributed by atoms with Crippen LogP contribution >= 0.6 is 0 Å². The molecule has 0 spiro atoms. The van der Waals surface area contributed by atoms with Gasteiger partial charge in [0.2, 0.25) is 0 Å². The minimum atomic E-state index is -2.68. The molecule has 1 aliphatic rings. The highest BCUT2D eigenvalue weighted by Crippen LogP contribution is 2.32. The third kappa shape index (κ3) is 4.81. The number of halogens is 3. The number of carbonyl (C=O) groups is 2. The molecule has 186 valence electrons. The van der Waals surface area contributed by atoms with Crippen molar-refractivity contribution in [3.8, 4) is 11.3 Å². The molecule has 0 radical (unpaired) electrons. The van der Waals surface area contributed by atoms with Crippen LogP contribution in [0.1, 0.15) is 33.6 Å². The number of alkyl halides is 2. The van der Waals surface area contributed by atoms with E-state index in [9.17, 15) is 22.8 Å². The number of methoxy groups -OCH3 is 2. The number of nitrogens with zero attached hydrogens (tertiary/aromatic N) is 3. The fourth-order valence-corrected chi connectivity index (χ4v) is 4.21. The lowest BCUT2D eigenvalue weighted by molar-refractivity contribution is -0.0241. The zero-order chi connectivity index (χ0) is 25.3. The number of imidazole rings is 1. The first kappa shape index (κ1) is 24.5. The predicted molar refractivity (Wildman–Crippen MR) is 119 cm³/mol. The zero-order valence-corrected chi connectivity index (χ0v) is 19.4. The first-order valence-corrected chi connectivity index (χ1v) is 10.9. The Balaban J connectivity index is 1.81. The van der Waals surface area contributed by atoms with Crippen molar-refractivity contribution in [2.45, 2.75) is 25.9 Å². The van der Waals surface area contributed by atoms with Gasteiger partial charge in [0, 0.05) is 30.3 Å². The van der Waals surface area contributed by atoms with Crippen LogP contribution in [0.2, 0.25) is 0 Å². The number of fused-ring (bicyclic) bond motifs is 1. The van der Waals surface area contributed by atoms with E-state index in [1.54, 1.807) is 11.3 Å². The van der Waals surface area contributed by atoms with Crippen molar-refractivity contribution in [3.63, 3.8) is 0 Å². The summed E-state index contributed by atoms with van der Waals surface area (Å²) in [6.45, 7) is 2.61. The molecule has 8 nitrogen and oxygen atoms in total. The summed E-state index contributed by atoms with van der Waals surface area (Å²) in [6.07, 6.45) is -1.85. The van der Waals surface area contributed by atoms with E-state index in [0.717, 1.165) is 7.11 Å². The second kappa shape index (κ2) is 9.95. The molecular formula is C24H24F3N3O5. The van der Waals surface area contributed by atoms with Gasteiger partial charge >= 0.3 is 12.1 Å². The van der Waals surface area contributed by atoms with Gasteiger partial charge in [-0.1, -0.05) is 0 Å². The SMILES string of the molecule is COC(=O)c1cc(C)c(-c2nc3cc(C(F)F)ccn3c2C[C@H]2CN(C(=O)OC)CCO2)cc1F. The monoisotopic (exact) mass is 491 g/mol. The number of benzene rings is 1. The molecule has 11 heteroatoms. The van der Waals surface area contributed by atoms with E-state index >= 15 is 0 Å². The molecule has 1 saturated heterocycles. The lowest BCUT2D eigenvalue weighted by atomic mass is 9.98. The largest absolute Gasteiger partial charge is 0.465 e. The van der Waals surface area contributed by atoms with Crippen molar-refractivity contribution in [1.82, 2.24) is 14.3 Å². The van der Waals surface area contributed by atoms with Gasteiger partial charge in [-0.2, -0.15) is 0 Å². The number of ether oxygens (including phenoxy) is 3. The summed E-state index contributed by atoms with van der Waals surface area (Å²) < 4.78 is 58.4. The van der Waals surface area contributed by atoms with Gasteiger partial charge < -0.3 is 23.5 Å². The summed E-state index contributed by atoms with van der Waals surface area (Å²) in [4.78, 5) is 30.0. The molecule has 4 rings (SSSR count). The Hall–Kier alpha value is -3.60. The highest BCUT2D eigenvalue weighted by atomic mass is 19.3. The van der Waals surface area contributed by atoms with Gasteiger partial charge in [0.05, 0.1) is 50.4 Å². The third-order valence-corrected chi connectivity index (χ3v) is 5.97. The van der Waals surface area contributed by atoms with E-state index in [-0.39, 0.29) is 29.7 Å². The molecule has 1 atom stereocenters. The normalized spacial score (nSPS) is 16.1. The average molecular weight is 491 g/mol. The van der Waals surface area contributed by atoms with Crippen molar-refractivity contribution < 1.29 is 37.0 Å². The molecule has 3 aromatic rings. The van der Waals surface area contributed by atoms with Gasteiger partial charge in [-0.3, -0.25) is 0 Å². The lowest BCUT2D eigenvalue weighted by Gasteiger charge is -2.32. The Kier molecular flexibility index (Phi) is 6.97. The number of morpholine rings is 1. The van der Waals surface area contributed by atoms with Gasteiger partial charge in [-0.25, -0.2) is 27.7 Å². The Morgan fingerprint density at radius 2 is 2.00 bits per heavy atom. The number of aryl methyl sites for hydroxylation is 1. The fourth-order valence-electron chi connectivity index (χ4n) is 4.21. The molecule has 0 saturated carbocycles. The van der Waals surface area contributed by atoms with Gasteiger partial charge in [-0.05, 0) is 36.8 Å². The van der Waals surface area contributed by atoms with Crippen LogP contribution in [0.15, 0.2) is 30.5 Å². The summed E-state index contributed by atoms with van der Waals surface area (Å²) in [6, 6.07) is 5.12. The second-order valence-corrected chi connectivity index (χ2v) is 8.15. The third-order valence-electron chi connectivity index (χ3n) is 5.97. The van der Waals surface area contributed by atoms with E-state index < -0.39 is 30.4 Å². The Labute approximate surface area is 199 Å². The maximum atomic E-state index is 14.8. The van der Waals surface area contributed by atoms with Crippen molar-refractivity contribution in [3.05, 3.63) is 58.7 Å². The van der Waals surface area contributed by atoms with Gasteiger partial charge in [-0.15, -0.1) is 0 Å². The van der Waals surface area contributed by atoms with E-state index in [4.69, 9.17) is 9.47 Å². The van der Waals surface area contributed by atoms with E-state index in [1.807, 2.05) is 0 Å². The first-order valence-electron chi connectivity index (χ1n) is 10.9. The van der Waals surface area contributed by atoms with E-state index in [0.29, 0.717) is 35.7 Å². The average Bonchev–Trinajstić information content (AvgIpc) is 3.21. The van der Waals surface area contributed by atoms with Crippen molar-refractivity contribution >= 4 is 17.7 Å². The van der Waals surface area contributed by atoms with Crippen LogP contribution in [-0.4, -0.2) is 66.4 Å². The van der Waals surface area contributed by atoms with Gasteiger partial charge in [0.25, 0.3) is 6.43 Å². The van der Waals surface area contributed by atoms with Crippen LogP contribution < -0.4 is 0 Å². The summed E-state index contributed by atoms with van der Waals surface area (Å²) in [5.74, 6) is -1.60. The molecular weight excluding hydrogens is 467 g/mol. The first-order chi connectivity index (χ1) is 16.7. The molecule has 1 amide bonds. The molecule has 0 bridgehead atoms. The highest BCUT2D eigenvalue weighted by molar-refractivity contribution is 5.91. The maximum Gasteiger partial charge on any atom is 0.409 e. The summed E-state index contributed by atoms with van der Waals surface area (Å²) >= 11 is 0. The molecule has 35 heavy (non-hydrogen) atoms. The number of amides is 1. The second-order valence-electron chi connectivity index (χ2n) is 8.15. The summed E-state index contributed by atoms with van der Waals surface area (Å²) in [7, 11) is 2.46. The number of rotatable bonds is 5. The molecule has 1 aliphatic heterocycles. The zero-order valence-electron chi connectivity index (χ0n) is 19.4. The van der Waals surface area contributed by atoms with Gasteiger partial charge in [0.1, 0.15) is 11.5 Å². The van der Waals surface area contributed by atoms with Gasteiger partial charge in [0.15, 0.2) is 0 Å². The quantitative estimate of drug-likeness (QED) is 0.498. The molecule has 3 heterocycles. The number of carbonyl (C=O) groups excluding carboxylic acids is 2. The Morgan fingerprint density at radius 3 is 2.69 bits per heavy atom. The summed E-state index contributed by atoms with van der Waals surface area (Å²) in [5, 5.41) is 0. The smallest absolute Gasteiger partial charge is 0.409 e. The number of aromatic nitrogens is 2. The minimum absolute atomic E-state index is 0.199. The number of pyridine rings is 1. The maximum absolute atomic E-state index is 14.8. The topological polar surface area (TPSA) is 82.4 Å². The summed E-state index contributed by atoms with van der Waals surface area (Å²) in [5.41, 5.74) is 1.73. The fraction of sp³-hybridized carbons (Fsp3) is 0.375. The van der Waals surface area contributed by atoms with Crippen LogP contribution in [0.25, 0.3) is 16.9 Å². The minimum Gasteiger partial charge on any atom is -0.465 e. The molecule has 2 aromatic heterocycles. The molecule has 0 N–H and O–H groups in total. The van der Waals surface area contributed by atoms with Crippen molar-refractivity contribution in [1.29, 1.82) is 0 Å². The number of esters is 1. The Morgan fingerprint density at radius 1 is 1.23 bits per heavy atom. The molecule has 1 aromatic carbocycles. The number of hydrogen-bond acceptors (Lipinski definition) is 6. The van der Waals surface area contributed by atoms with Crippen LogP contribution in [0.4, 0.5) is 18.0 Å². The molecule has 0 aliphatic carbocycles. The Bertz CT molecular complexity index is 1280. The van der Waals surface area contributed by atoms with Crippen LogP contribution in [-0.2, 0) is 20.6 Å². The molecule has 1 fully saturated rings. The number of hydrogen-bond donors (Lipinski definition) is 0. The van der Waals surface area contributed by atoms with E-state index in [1.165, 1.54) is 42.5 Å². The lowest BCUT2D eigenvalue weighted by Crippen LogP contribution is -2.46. The van der Waals surface area contributed by atoms with Crippen molar-refractivity contribution in [2.24, 2.45) is 0 Å². The van der Waals surface area contributed by atoms with Crippen LogP contribution in [0, 0.1) is 12.7 Å².